The van der Waals surface area contributed by atoms with Crippen molar-refractivity contribution in [1.82, 2.24) is 9.80 Å². The molecule has 1 heterocycles. The van der Waals surface area contributed by atoms with E-state index in [1.165, 1.54) is 11.0 Å². The molecule has 1 aromatic carbocycles. The summed E-state index contributed by atoms with van der Waals surface area (Å²) < 4.78 is 37.0. The second-order valence-electron chi connectivity index (χ2n) is 9.59. The second-order valence-corrected chi connectivity index (χ2v) is 9.83. The highest BCUT2D eigenvalue weighted by atomic mass is 35.5. The summed E-state index contributed by atoms with van der Waals surface area (Å²) in [4.78, 5) is 75.1. The van der Waals surface area contributed by atoms with Crippen molar-refractivity contribution in [3.05, 3.63) is 33.9 Å². The van der Waals surface area contributed by atoms with E-state index in [1.54, 1.807) is 0 Å². The largest absolute Gasteiger partial charge is 0.467 e. The number of hydrogen-bond donors (Lipinski definition) is 0. The van der Waals surface area contributed by atoms with Crippen molar-refractivity contribution in [3.8, 4) is 5.75 Å². The van der Waals surface area contributed by atoms with Gasteiger partial charge in [-0.1, -0.05) is 6.07 Å². The molecule has 0 saturated carbocycles. The number of likely N-dealkylation sites (N-methyl/N-ethyl adjacent to an activating group) is 1. The topological polar surface area (TPSA) is 200 Å². The van der Waals surface area contributed by atoms with E-state index in [0.29, 0.717) is 6.54 Å². The molecule has 0 aliphatic carbocycles. The average Bonchev–Trinajstić information content (AvgIpc) is 2.94. The Labute approximate surface area is 257 Å². The van der Waals surface area contributed by atoms with E-state index in [-0.39, 0.29) is 24.7 Å². The quantitative estimate of drug-likeness (QED) is 0.0741. The molecule has 0 bridgehead atoms. The number of alkyl halides is 1. The Bertz CT molecular complexity index is 1230. The molecule has 244 valence electrons. The molecule has 17 nitrogen and oxygen atoms in total. The van der Waals surface area contributed by atoms with Crippen LogP contribution in [0.15, 0.2) is 18.2 Å². The van der Waals surface area contributed by atoms with Crippen molar-refractivity contribution in [2.75, 3.05) is 40.3 Å². The summed E-state index contributed by atoms with van der Waals surface area (Å²) in [5, 5.41) is 12.0. The third-order valence-corrected chi connectivity index (χ3v) is 6.17. The average molecular weight is 648 g/mol. The molecule has 0 spiro atoms. The van der Waals surface area contributed by atoms with Gasteiger partial charge in [0.25, 0.3) is 0 Å². The van der Waals surface area contributed by atoms with Gasteiger partial charge in [0.05, 0.1) is 18.0 Å². The lowest BCUT2D eigenvalue weighted by atomic mass is 9.97. The fraction of sp³-hybridized carbons (Fsp3) is 0.577. The molecule has 0 aromatic heterocycles. The zero-order valence-corrected chi connectivity index (χ0v) is 25.6. The van der Waals surface area contributed by atoms with Gasteiger partial charge in [0.1, 0.15) is 6.61 Å². The van der Waals surface area contributed by atoms with Crippen LogP contribution >= 0.6 is 11.6 Å². The van der Waals surface area contributed by atoms with Gasteiger partial charge in [-0.2, -0.15) is 0 Å². The Morgan fingerprint density at radius 3 is 2.07 bits per heavy atom. The Morgan fingerprint density at radius 1 is 0.955 bits per heavy atom. The minimum Gasteiger partial charge on any atom is -0.467 e. The number of carbonyl (C=O) groups excluding carboxylic acids is 5. The first-order valence-electron chi connectivity index (χ1n) is 13.0. The number of halogens is 1. The van der Waals surface area contributed by atoms with E-state index in [4.69, 9.17) is 44.8 Å². The second kappa shape index (κ2) is 16.6. The lowest BCUT2D eigenvalue weighted by molar-refractivity contribution is -0.387. The molecule has 44 heavy (non-hydrogen) atoms. The number of hydrogen-bond acceptors (Lipinski definition) is 15. The van der Waals surface area contributed by atoms with Crippen molar-refractivity contribution >= 4 is 47.3 Å². The molecule has 1 fully saturated rings. The lowest BCUT2D eigenvalue weighted by Gasteiger charge is -2.42. The summed E-state index contributed by atoms with van der Waals surface area (Å²) in [6.45, 7) is 3.49. The van der Waals surface area contributed by atoms with Crippen LogP contribution in [0.3, 0.4) is 0 Å². The number of methoxy groups -OCH3 is 1. The molecule has 0 N–H and O–H groups in total. The van der Waals surface area contributed by atoms with Gasteiger partial charge in [-0.3, -0.25) is 29.4 Å². The van der Waals surface area contributed by atoms with E-state index in [0.717, 1.165) is 40.0 Å². The number of nitro groups is 1. The third-order valence-electron chi connectivity index (χ3n) is 5.88. The highest BCUT2D eigenvalue weighted by Crippen LogP contribution is 2.35. The minimum absolute atomic E-state index is 0.135. The maximum atomic E-state index is 12.6. The van der Waals surface area contributed by atoms with Crippen LogP contribution in [0.5, 0.6) is 5.75 Å². The number of carbonyl (C=O) groups is 5. The zero-order chi connectivity index (χ0) is 33.1. The maximum Gasteiger partial charge on any atom is 0.411 e. The minimum atomic E-state index is -1.81. The molecule has 1 aromatic rings. The van der Waals surface area contributed by atoms with E-state index in [9.17, 15) is 34.1 Å². The van der Waals surface area contributed by atoms with Gasteiger partial charge in [-0.15, -0.1) is 11.6 Å². The van der Waals surface area contributed by atoms with Crippen molar-refractivity contribution in [3.63, 3.8) is 0 Å². The molecule has 1 saturated heterocycles. The van der Waals surface area contributed by atoms with Crippen molar-refractivity contribution in [2.45, 2.75) is 58.1 Å². The van der Waals surface area contributed by atoms with Crippen LogP contribution in [0.2, 0.25) is 0 Å². The van der Waals surface area contributed by atoms with Gasteiger partial charge < -0.3 is 38.1 Å². The highest BCUT2D eigenvalue weighted by molar-refractivity contribution is 6.18. The van der Waals surface area contributed by atoms with Crippen molar-refractivity contribution in [2.24, 2.45) is 0 Å². The van der Waals surface area contributed by atoms with Crippen LogP contribution < -0.4 is 4.74 Å². The molecule has 1 amide bonds. The van der Waals surface area contributed by atoms with E-state index in [1.807, 2.05) is 19.0 Å². The zero-order valence-electron chi connectivity index (χ0n) is 24.9. The summed E-state index contributed by atoms with van der Waals surface area (Å²) in [7, 11) is 4.64. The van der Waals surface area contributed by atoms with Crippen molar-refractivity contribution in [1.29, 1.82) is 0 Å². The summed E-state index contributed by atoms with van der Waals surface area (Å²) in [5.74, 6) is -4.22. The number of esters is 4. The summed E-state index contributed by atoms with van der Waals surface area (Å²) in [6, 6.07) is 3.45. The van der Waals surface area contributed by atoms with Gasteiger partial charge in [0.2, 0.25) is 12.4 Å². The SMILES string of the molecule is COC(=O)C1O[C@@H](Oc2ccc(COC(=O)N(CCl)CCN(C)C)cc2[N+](=O)[O-])C(OC(C)=O)[C@@H](OC(C)=O)C1OC(C)=O. The highest BCUT2D eigenvalue weighted by Gasteiger charge is 2.56. The first-order valence-corrected chi connectivity index (χ1v) is 13.5. The molecular formula is C26H34ClN3O14. The number of nitro benzene ring substituents is 1. The Morgan fingerprint density at radius 2 is 1.55 bits per heavy atom. The van der Waals surface area contributed by atoms with Crippen LogP contribution in [0.4, 0.5) is 10.5 Å². The third kappa shape index (κ3) is 10.2. The standard InChI is InChI=1S/C26H34ClN3O14/c1-14(31)40-20-21(41-15(2)32)23(42-16(3)33)25(44-22(20)24(34)38-6)43-19-8-7-17(11-18(19)30(36)37)12-39-26(35)29(13-27)10-9-28(4)5/h7-8,11,20-23,25H,9-10,12-13H2,1-6H3/t20?,21-,22?,23?,25+/m0/s1. The van der Waals surface area contributed by atoms with Crippen LogP contribution in [-0.2, 0) is 54.2 Å². The molecule has 2 rings (SSSR count). The van der Waals surface area contributed by atoms with Gasteiger partial charge in [0.15, 0.2) is 24.1 Å². The lowest BCUT2D eigenvalue weighted by Crippen LogP contribution is -2.64. The Hall–Kier alpha value is -4.22. The number of benzene rings is 1. The van der Waals surface area contributed by atoms with Gasteiger partial charge in [-0.25, -0.2) is 9.59 Å². The Balaban J connectivity index is 2.42. The summed E-state index contributed by atoms with van der Waals surface area (Å²) in [5.41, 5.74) is -0.410. The van der Waals surface area contributed by atoms with Gasteiger partial charge in [-0.05, 0) is 25.7 Å². The normalized spacial score (nSPS) is 21.0. The fourth-order valence-electron chi connectivity index (χ4n) is 3.95. The molecule has 18 heteroatoms. The molecule has 1 aliphatic rings. The Kier molecular flexibility index (Phi) is 13.6. The van der Waals surface area contributed by atoms with Crippen LogP contribution in [0.1, 0.15) is 26.3 Å². The van der Waals surface area contributed by atoms with Crippen LogP contribution in [0, 0.1) is 10.1 Å². The van der Waals surface area contributed by atoms with Gasteiger partial charge in [0, 0.05) is 39.9 Å². The first-order chi connectivity index (χ1) is 20.7. The predicted molar refractivity (Wildman–Crippen MR) is 147 cm³/mol. The molecule has 5 atom stereocenters. The molecule has 3 unspecified atom stereocenters. The van der Waals surface area contributed by atoms with E-state index in [2.05, 4.69) is 0 Å². The molecular weight excluding hydrogens is 614 g/mol. The first kappa shape index (κ1) is 36.0. The van der Waals surface area contributed by atoms with E-state index < -0.39 is 77.0 Å². The number of rotatable bonds is 13. The molecule has 1 aliphatic heterocycles. The maximum absolute atomic E-state index is 12.6. The number of ether oxygens (including phenoxy) is 7. The van der Waals surface area contributed by atoms with Crippen LogP contribution in [-0.4, -0.2) is 116 Å². The monoisotopic (exact) mass is 647 g/mol. The van der Waals surface area contributed by atoms with Crippen LogP contribution in [0.25, 0.3) is 0 Å². The summed E-state index contributed by atoms with van der Waals surface area (Å²) in [6.07, 6.45) is -9.29. The van der Waals surface area contributed by atoms with E-state index >= 15 is 0 Å². The van der Waals surface area contributed by atoms with Crippen molar-refractivity contribution < 1.29 is 62.1 Å². The smallest absolute Gasteiger partial charge is 0.411 e. The number of nitrogens with zero attached hydrogens (tertiary/aromatic N) is 3. The predicted octanol–water partition coefficient (Wildman–Crippen LogP) is 1.36. The summed E-state index contributed by atoms with van der Waals surface area (Å²) >= 11 is 5.84. The molecule has 0 radical (unpaired) electrons. The number of amides is 1. The van der Waals surface area contributed by atoms with Gasteiger partial charge >= 0.3 is 35.7 Å². The fourth-order valence-corrected chi connectivity index (χ4v) is 4.17.